The molecule has 7 nitrogen and oxygen atoms in total. The number of primary amides is 1. The van der Waals surface area contributed by atoms with Crippen LogP contribution in [0.5, 0.6) is 0 Å². The molecule has 152 valence electrons. The van der Waals surface area contributed by atoms with Crippen molar-refractivity contribution < 1.29 is 4.79 Å². The quantitative estimate of drug-likeness (QED) is 0.696. The summed E-state index contributed by atoms with van der Waals surface area (Å²) in [5, 5.41) is 14.2. The summed E-state index contributed by atoms with van der Waals surface area (Å²) < 4.78 is 2.00. The minimum Gasteiger partial charge on any atom is -0.369 e. The molecule has 0 spiro atoms. The van der Waals surface area contributed by atoms with E-state index in [4.69, 9.17) is 17.3 Å². The topological polar surface area (TPSA) is 110 Å². The standard InChI is InChI=1S/C22H21ClN6O/c1-21(2)8-17-15(10-27-29(17)12-21)14-7-19(26-11-16(14)23)22(3,20(25)30)18-6-4-5-13(9-24)28-18/h4-7,10-11H,8,12H2,1-3H3,(H2,25,30)/t22-/m1/s1. The number of halogens is 1. The molecule has 0 saturated carbocycles. The molecule has 1 amide bonds. The minimum atomic E-state index is -1.33. The Morgan fingerprint density at radius 2 is 2.07 bits per heavy atom. The van der Waals surface area contributed by atoms with E-state index in [1.165, 1.54) is 6.20 Å². The highest BCUT2D eigenvalue weighted by atomic mass is 35.5. The van der Waals surface area contributed by atoms with Crippen molar-refractivity contribution in [2.75, 3.05) is 0 Å². The van der Waals surface area contributed by atoms with E-state index in [2.05, 4.69) is 28.9 Å². The second-order valence-electron chi connectivity index (χ2n) is 8.56. The zero-order valence-corrected chi connectivity index (χ0v) is 17.7. The highest BCUT2D eigenvalue weighted by molar-refractivity contribution is 6.33. The van der Waals surface area contributed by atoms with Crippen molar-refractivity contribution in [3.63, 3.8) is 0 Å². The Labute approximate surface area is 179 Å². The summed E-state index contributed by atoms with van der Waals surface area (Å²) >= 11 is 6.51. The normalized spacial score (nSPS) is 16.5. The zero-order chi connectivity index (χ0) is 21.7. The molecule has 3 aromatic rings. The number of pyridine rings is 2. The van der Waals surface area contributed by atoms with Crippen LogP contribution in [0.3, 0.4) is 0 Å². The third kappa shape index (κ3) is 3.14. The van der Waals surface area contributed by atoms with Crippen LogP contribution in [0.1, 0.15) is 43.5 Å². The molecule has 1 atom stereocenters. The number of aromatic nitrogens is 4. The van der Waals surface area contributed by atoms with Crippen LogP contribution >= 0.6 is 11.6 Å². The van der Waals surface area contributed by atoms with Crippen molar-refractivity contribution >= 4 is 17.5 Å². The van der Waals surface area contributed by atoms with Crippen LogP contribution in [0.15, 0.2) is 36.7 Å². The van der Waals surface area contributed by atoms with Gasteiger partial charge in [-0.1, -0.05) is 31.5 Å². The molecule has 0 fully saturated rings. The van der Waals surface area contributed by atoms with Gasteiger partial charge >= 0.3 is 0 Å². The summed E-state index contributed by atoms with van der Waals surface area (Å²) in [6.45, 7) is 6.89. The first-order valence-corrected chi connectivity index (χ1v) is 9.92. The van der Waals surface area contributed by atoms with Gasteiger partial charge in [0.1, 0.15) is 17.2 Å². The number of carbonyl (C=O) groups is 1. The molecule has 1 aliphatic heterocycles. The van der Waals surface area contributed by atoms with E-state index in [1.807, 2.05) is 10.8 Å². The van der Waals surface area contributed by atoms with Crippen molar-refractivity contribution in [2.24, 2.45) is 11.1 Å². The number of hydrogen-bond acceptors (Lipinski definition) is 5. The highest BCUT2D eigenvalue weighted by Gasteiger charge is 2.39. The van der Waals surface area contributed by atoms with Gasteiger partial charge in [-0.3, -0.25) is 14.5 Å². The SMILES string of the molecule is CC1(C)Cc2c(-c3cc([C@](C)(C(N)=O)c4cccc(C#N)n4)ncc3Cl)cnn2C1. The Hall–Kier alpha value is -3.24. The Balaban J connectivity index is 1.87. The summed E-state index contributed by atoms with van der Waals surface area (Å²) in [4.78, 5) is 21.3. The lowest BCUT2D eigenvalue weighted by Gasteiger charge is -2.25. The van der Waals surface area contributed by atoms with E-state index < -0.39 is 11.3 Å². The van der Waals surface area contributed by atoms with E-state index in [0.717, 1.165) is 29.8 Å². The molecular formula is C22H21ClN6O. The number of rotatable bonds is 4. The molecule has 4 rings (SSSR count). The lowest BCUT2D eigenvalue weighted by atomic mass is 9.80. The molecular weight excluding hydrogens is 400 g/mol. The number of carbonyl (C=O) groups excluding carboxylic acids is 1. The van der Waals surface area contributed by atoms with Gasteiger partial charge in [0.25, 0.3) is 0 Å². The van der Waals surface area contributed by atoms with E-state index in [9.17, 15) is 10.1 Å². The Morgan fingerprint density at radius 3 is 2.77 bits per heavy atom. The molecule has 0 aliphatic carbocycles. The molecule has 0 aromatic carbocycles. The fourth-order valence-corrected chi connectivity index (χ4v) is 4.16. The van der Waals surface area contributed by atoms with Crippen molar-refractivity contribution in [3.8, 4) is 17.2 Å². The first kappa shape index (κ1) is 20.0. The number of hydrogen-bond donors (Lipinski definition) is 1. The summed E-state index contributed by atoms with van der Waals surface area (Å²) in [5.41, 5.74) is 8.32. The predicted molar refractivity (Wildman–Crippen MR) is 113 cm³/mol. The zero-order valence-electron chi connectivity index (χ0n) is 17.0. The van der Waals surface area contributed by atoms with Crippen LogP contribution in [0.2, 0.25) is 5.02 Å². The van der Waals surface area contributed by atoms with Crippen molar-refractivity contribution in [1.82, 2.24) is 19.7 Å². The monoisotopic (exact) mass is 420 g/mol. The molecule has 30 heavy (non-hydrogen) atoms. The molecule has 4 heterocycles. The van der Waals surface area contributed by atoms with Gasteiger partial charge in [0.2, 0.25) is 5.91 Å². The predicted octanol–water partition coefficient (Wildman–Crippen LogP) is 3.24. The largest absolute Gasteiger partial charge is 0.369 e. The minimum absolute atomic E-state index is 0.115. The molecule has 0 unspecified atom stereocenters. The van der Waals surface area contributed by atoms with Gasteiger partial charge in [0.15, 0.2) is 0 Å². The van der Waals surface area contributed by atoms with E-state index in [1.54, 1.807) is 37.4 Å². The van der Waals surface area contributed by atoms with Gasteiger partial charge in [-0.2, -0.15) is 10.4 Å². The van der Waals surface area contributed by atoms with Gasteiger partial charge < -0.3 is 5.73 Å². The van der Waals surface area contributed by atoms with E-state index in [0.29, 0.717) is 16.4 Å². The average Bonchev–Trinajstić information content (AvgIpc) is 3.22. The lowest BCUT2D eigenvalue weighted by molar-refractivity contribution is -0.121. The maximum atomic E-state index is 12.6. The van der Waals surface area contributed by atoms with Gasteiger partial charge in [0.05, 0.1) is 22.6 Å². The van der Waals surface area contributed by atoms with Crippen molar-refractivity contribution in [2.45, 2.75) is 39.2 Å². The third-order valence-electron chi connectivity index (χ3n) is 5.70. The summed E-state index contributed by atoms with van der Waals surface area (Å²) in [5.74, 6) is -0.618. The van der Waals surface area contributed by atoms with Crippen LogP contribution in [0.4, 0.5) is 0 Å². The van der Waals surface area contributed by atoms with Gasteiger partial charge in [-0.15, -0.1) is 0 Å². The second-order valence-corrected chi connectivity index (χ2v) is 8.97. The van der Waals surface area contributed by atoms with Crippen LogP contribution in [-0.4, -0.2) is 25.7 Å². The second kappa shape index (κ2) is 6.92. The van der Waals surface area contributed by atoms with Crippen LogP contribution in [0.25, 0.3) is 11.1 Å². The van der Waals surface area contributed by atoms with Gasteiger partial charge in [0, 0.05) is 29.6 Å². The number of nitriles is 1. The maximum absolute atomic E-state index is 12.6. The molecule has 8 heteroatoms. The Morgan fingerprint density at radius 1 is 1.30 bits per heavy atom. The summed E-state index contributed by atoms with van der Waals surface area (Å²) in [7, 11) is 0. The Kier molecular flexibility index (Phi) is 4.63. The number of nitrogens with zero attached hydrogens (tertiary/aromatic N) is 5. The van der Waals surface area contributed by atoms with E-state index >= 15 is 0 Å². The van der Waals surface area contributed by atoms with Gasteiger partial charge in [-0.05, 0) is 37.0 Å². The molecule has 2 N–H and O–H groups in total. The number of nitrogens with two attached hydrogens (primary N) is 1. The molecule has 3 aromatic heterocycles. The summed E-state index contributed by atoms with van der Waals surface area (Å²) in [6.07, 6.45) is 4.19. The smallest absolute Gasteiger partial charge is 0.235 e. The molecule has 0 bridgehead atoms. The van der Waals surface area contributed by atoms with Crippen molar-refractivity contribution in [1.29, 1.82) is 5.26 Å². The van der Waals surface area contributed by atoms with Crippen LogP contribution < -0.4 is 5.73 Å². The lowest BCUT2D eigenvalue weighted by Crippen LogP contribution is -2.41. The first-order chi connectivity index (χ1) is 14.2. The fourth-order valence-electron chi connectivity index (χ4n) is 3.95. The Bertz CT molecular complexity index is 1210. The van der Waals surface area contributed by atoms with Crippen LogP contribution in [-0.2, 0) is 23.2 Å². The maximum Gasteiger partial charge on any atom is 0.235 e. The van der Waals surface area contributed by atoms with Gasteiger partial charge in [-0.25, -0.2) is 4.98 Å². The molecule has 1 aliphatic rings. The van der Waals surface area contributed by atoms with E-state index in [-0.39, 0.29) is 11.1 Å². The van der Waals surface area contributed by atoms with Crippen LogP contribution in [0, 0.1) is 16.7 Å². The number of fused-ring (bicyclic) bond motifs is 1. The highest BCUT2D eigenvalue weighted by Crippen LogP contribution is 2.40. The van der Waals surface area contributed by atoms with Crippen molar-refractivity contribution in [3.05, 3.63) is 64.5 Å². The fraction of sp³-hybridized carbons (Fsp3) is 0.318. The first-order valence-electron chi connectivity index (χ1n) is 9.54. The summed E-state index contributed by atoms with van der Waals surface area (Å²) in [6, 6.07) is 8.68. The molecule has 0 saturated heterocycles. The number of amides is 1. The molecule has 0 radical (unpaired) electrons. The average molecular weight is 421 g/mol. The third-order valence-corrected chi connectivity index (χ3v) is 6.00.